The Balaban J connectivity index is 2.55. The highest BCUT2D eigenvalue weighted by atomic mass is 16.4. The summed E-state index contributed by atoms with van der Waals surface area (Å²) in [5.74, 6) is -1.07. The van der Waals surface area contributed by atoms with Gasteiger partial charge in [-0.2, -0.15) is 0 Å². The predicted octanol–water partition coefficient (Wildman–Crippen LogP) is -1.18. The molecule has 0 aromatic heterocycles. The number of quaternary nitrogens is 1. The van der Waals surface area contributed by atoms with E-state index >= 15 is 0 Å². The lowest BCUT2D eigenvalue weighted by molar-refractivity contribution is -0.494. The van der Waals surface area contributed by atoms with E-state index in [0.29, 0.717) is 6.42 Å². The van der Waals surface area contributed by atoms with Crippen molar-refractivity contribution in [2.45, 2.75) is 18.4 Å². The van der Waals surface area contributed by atoms with Gasteiger partial charge >= 0.3 is 0 Å². The normalized spacial score (nSPS) is 25.6. The Bertz CT molecular complexity index is 362. The number of carboxylic acid groups (broad SMARTS) is 1. The topological polar surface area (TPSA) is 67.8 Å². The zero-order chi connectivity index (χ0) is 9.47. The van der Waals surface area contributed by atoms with E-state index < -0.39 is 11.5 Å². The smallest absolute Gasteiger partial charge is 0.161 e. The van der Waals surface area contributed by atoms with E-state index in [-0.39, 0.29) is 0 Å². The third kappa shape index (κ3) is 1.04. The molecule has 0 unspecified atom stereocenters. The lowest BCUT2D eigenvalue weighted by atomic mass is 9.93. The largest absolute Gasteiger partial charge is 0.543 e. The number of rotatable bonds is 1. The molecule has 13 heavy (non-hydrogen) atoms. The summed E-state index contributed by atoms with van der Waals surface area (Å²) in [5, 5.41) is 10.9. The second-order valence-corrected chi connectivity index (χ2v) is 3.53. The van der Waals surface area contributed by atoms with Crippen LogP contribution in [0.25, 0.3) is 0 Å². The van der Waals surface area contributed by atoms with Gasteiger partial charge in [-0.1, -0.05) is 24.3 Å². The zero-order valence-electron chi connectivity index (χ0n) is 7.25. The molecule has 1 aromatic rings. The summed E-state index contributed by atoms with van der Waals surface area (Å²) < 4.78 is 0. The van der Waals surface area contributed by atoms with Gasteiger partial charge in [0.05, 0.1) is 0 Å². The van der Waals surface area contributed by atoms with Crippen molar-refractivity contribution in [2.75, 3.05) is 0 Å². The summed E-state index contributed by atoms with van der Waals surface area (Å²) in [6, 6.07) is 7.53. The number of carboxylic acids is 1. The fourth-order valence-corrected chi connectivity index (χ4v) is 1.90. The molecule has 0 radical (unpaired) electrons. The molecular weight excluding hydrogens is 166 g/mol. The number of carbonyl (C=O) groups is 1. The van der Waals surface area contributed by atoms with Crippen LogP contribution < -0.4 is 10.8 Å². The third-order valence-electron chi connectivity index (χ3n) is 2.74. The molecule has 3 N–H and O–H groups in total. The first-order valence-electron chi connectivity index (χ1n) is 4.30. The van der Waals surface area contributed by atoms with Crippen LogP contribution in [0, 0.1) is 0 Å². The quantitative estimate of drug-likeness (QED) is 0.586. The first-order valence-corrected chi connectivity index (χ1v) is 4.30. The van der Waals surface area contributed by atoms with Crippen molar-refractivity contribution in [3.05, 3.63) is 35.4 Å². The van der Waals surface area contributed by atoms with Crippen molar-refractivity contribution in [1.29, 1.82) is 0 Å². The summed E-state index contributed by atoms with van der Waals surface area (Å²) in [4.78, 5) is 10.9. The summed E-state index contributed by atoms with van der Waals surface area (Å²) in [5.41, 5.74) is 4.63. The summed E-state index contributed by atoms with van der Waals surface area (Å²) in [7, 11) is 0. The van der Waals surface area contributed by atoms with Gasteiger partial charge in [-0.15, -0.1) is 0 Å². The molecule has 0 amide bonds. The van der Waals surface area contributed by atoms with Gasteiger partial charge in [0.2, 0.25) is 0 Å². The first-order chi connectivity index (χ1) is 6.14. The van der Waals surface area contributed by atoms with Gasteiger partial charge in [0, 0.05) is 12.0 Å². The van der Waals surface area contributed by atoms with Gasteiger partial charge in [-0.3, -0.25) is 0 Å². The summed E-state index contributed by atoms with van der Waals surface area (Å²) >= 11 is 0. The minimum Gasteiger partial charge on any atom is -0.543 e. The van der Waals surface area contributed by atoms with Crippen molar-refractivity contribution in [3.8, 4) is 0 Å². The van der Waals surface area contributed by atoms with Gasteiger partial charge in [-0.25, -0.2) is 0 Å². The maximum Gasteiger partial charge on any atom is 0.161 e. The Morgan fingerprint density at radius 2 is 2.15 bits per heavy atom. The van der Waals surface area contributed by atoms with E-state index in [1.807, 2.05) is 24.3 Å². The molecule has 1 aliphatic rings. The van der Waals surface area contributed by atoms with E-state index in [2.05, 4.69) is 5.73 Å². The van der Waals surface area contributed by atoms with Crippen LogP contribution in [0.2, 0.25) is 0 Å². The van der Waals surface area contributed by atoms with Gasteiger partial charge in [-0.05, 0) is 12.0 Å². The highest BCUT2D eigenvalue weighted by Gasteiger charge is 2.39. The molecule has 3 nitrogen and oxygen atoms in total. The molecule has 0 spiro atoms. The highest BCUT2D eigenvalue weighted by Crippen LogP contribution is 2.32. The van der Waals surface area contributed by atoms with Crippen molar-refractivity contribution in [1.82, 2.24) is 0 Å². The zero-order valence-corrected chi connectivity index (χ0v) is 7.25. The van der Waals surface area contributed by atoms with Crippen LogP contribution >= 0.6 is 0 Å². The number of benzene rings is 1. The van der Waals surface area contributed by atoms with Gasteiger partial charge in [0.15, 0.2) is 5.54 Å². The molecule has 3 heteroatoms. The molecule has 1 aliphatic carbocycles. The first kappa shape index (κ1) is 8.26. The van der Waals surface area contributed by atoms with Crippen LogP contribution in [-0.2, 0) is 16.8 Å². The van der Waals surface area contributed by atoms with Crippen LogP contribution in [0.15, 0.2) is 24.3 Å². The molecule has 1 aromatic carbocycles. The van der Waals surface area contributed by atoms with Crippen LogP contribution in [0.5, 0.6) is 0 Å². The second-order valence-electron chi connectivity index (χ2n) is 3.53. The van der Waals surface area contributed by atoms with Crippen molar-refractivity contribution < 1.29 is 15.6 Å². The molecule has 2 rings (SSSR count). The van der Waals surface area contributed by atoms with E-state index in [9.17, 15) is 9.90 Å². The molecule has 0 heterocycles. The lowest BCUT2D eigenvalue weighted by Gasteiger charge is -2.22. The van der Waals surface area contributed by atoms with Crippen molar-refractivity contribution in [3.63, 3.8) is 0 Å². The molecule has 1 atom stereocenters. The molecule has 0 bridgehead atoms. The Morgan fingerprint density at radius 3 is 2.85 bits per heavy atom. The number of aryl methyl sites for hydroxylation is 1. The molecule has 0 saturated heterocycles. The average Bonchev–Trinajstić information content (AvgIpc) is 2.47. The predicted molar refractivity (Wildman–Crippen MR) is 44.3 cm³/mol. The molecular formula is C10H11NO2. The number of carbonyl (C=O) groups excluding carboxylic acids is 1. The van der Waals surface area contributed by atoms with Crippen LogP contribution in [0.4, 0.5) is 0 Å². The minimum atomic E-state index is -1.07. The third-order valence-corrected chi connectivity index (χ3v) is 2.74. The van der Waals surface area contributed by atoms with Gasteiger partial charge < -0.3 is 15.6 Å². The number of hydrogen-bond donors (Lipinski definition) is 1. The molecule has 0 fully saturated rings. The molecule has 68 valence electrons. The monoisotopic (exact) mass is 177 g/mol. The minimum absolute atomic E-state index is 0.550. The highest BCUT2D eigenvalue weighted by molar-refractivity contribution is 5.78. The van der Waals surface area contributed by atoms with Gasteiger partial charge in [0.1, 0.15) is 5.97 Å². The van der Waals surface area contributed by atoms with Crippen molar-refractivity contribution in [2.24, 2.45) is 0 Å². The summed E-state index contributed by atoms with van der Waals surface area (Å²) in [6.07, 6.45) is 1.34. The van der Waals surface area contributed by atoms with Crippen LogP contribution in [-0.4, -0.2) is 5.97 Å². The van der Waals surface area contributed by atoms with Crippen molar-refractivity contribution >= 4 is 5.97 Å². The summed E-state index contributed by atoms with van der Waals surface area (Å²) in [6.45, 7) is 0. The fourth-order valence-electron chi connectivity index (χ4n) is 1.90. The van der Waals surface area contributed by atoms with E-state index in [4.69, 9.17) is 0 Å². The Labute approximate surface area is 76.2 Å². The van der Waals surface area contributed by atoms with E-state index in [1.54, 1.807) is 0 Å². The van der Waals surface area contributed by atoms with E-state index in [1.165, 1.54) is 0 Å². The number of aliphatic carboxylic acids is 1. The lowest BCUT2D eigenvalue weighted by Crippen LogP contribution is -2.75. The molecule has 0 saturated carbocycles. The number of fused-ring (bicyclic) bond motifs is 1. The number of hydrogen-bond acceptors (Lipinski definition) is 2. The van der Waals surface area contributed by atoms with Crippen LogP contribution in [0.3, 0.4) is 0 Å². The standard InChI is InChI=1S/C10H11NO2/c11-10(9(12)13)6-5-7-3-1-2-4-8(7)10/h1-4H,5-6,11H2,(H,12,13)/t10-/m1/s1. The average molecular weight is 177 g/mol. The fraction of sp³-hybridized carbons (Fsp3) is 0.300. The maximum atomic E-state index is 10.9. The Morgan fingerprint density at radius 1 is 1.46 bits per heavy atom. The molecule has 0 aliphatic heterocycles. The Kier molecular flexibility index (Phi) is 1.63. The van der Waals surface area contributed by atoms with E-state index in [0.717, 1.165) is 17.5 Å². The van der Waals surface area contributed by atoms with Crippen LogP contribution in [0.1, 0.15) is 17.5 Å². The van der Waals surface area contributed by atoms with Gasteiger partial charge in [0.25, 0.3) is 0 Å². The second kappa shape index (κ2) is 2.57. The maximum absolute atomic E-state index is 10.9. The Hall–Kier alpha value is -1.35. The SMILES string of the molecule is [NH3+][C@]1(C(=O)[O-])CCc2ccccc21.